The van der Waals surface area contributed by atoms with Gasteiger partial charge in [-0.2, -0.15) is 0 Å². The van der Waals surface area contributed by atoms with Gasteiger partial charge in [0.1, 0.15) is 5.84 Å². The SMILES string of the molecule is CCC(C)(CC(N)=C1C=CC(C)(C(N)=O)CC1=NC)N=C1NC=CC2CC1C2. The number of carbonyl (C=O) groups is 1. The molecule has 2 heterocycles. The molecule has 2 unspecified atom stereocenters. The number of hydrogen-bond acceptors (Lipinski definition) is 4. The Bertz CT molecular complexity index is 800. The molecule has 1 fully saturated rings. The monoisotopic (exact) mass is 383 g/mol. The summed E-state index contributed by atoms with van der Waals surface area (Å²) < 4.78 is 0. The van der Waals surface area contributed by atoms with E-state index in [1.807, 2.05) is 25.3 Å². The summed E-state index contributed by atoms with van der Waals surface area (Å²) in [6.45, 7) is 6.14. The van der Waals surface area contributed by atoms with Crippen LogP contribution in [-0.4, -0.2) is 30.0 Å². The van der Waals surface area contributed by atoms with Crippen molar-refractivity contribution in [1.29, 1.82) is 0 Å². The molecule has 1 saturated carbocycles. The maximum absolute atomic E-state index is 11.8. The average molecular weight is 384 g/mol. The molecule has 6 heteroatoms. The van der Waals surface area contributed by atoms with Crippen molar-refractivity contribution in [1.82, 2.24) is 5.32 Å². The smallest absolute Gasteiger partial charge is 0.227 e. The molecule has 6 nitrogen and oxygen atoms in total. The molecule has 2 bridgehead atoms. The Labute approximate surface area is 167 Å². The molecule has 0 spiro atoms. The summed E-state index contributed by atoms with van der Waals surface area (Å²) in [7, 11) is 1.73. The van der Waals surface area contributed by atoms with Gasteiger partial charge in [0.15, 0.2) is 0 Å². The Balaban J connectivity index is 1.87. The number of fused-ring (bicyclic) bond motifs is 2. The van der Waals surface area contributed by atoms with Crippen LogP contribution >= 0.6 is 0 Å². The first kappa shape index (κ1) is 20.4. The highest BCUT2D eigenvalue weighted by atomic mass is 16.1. The van der Waals surface area contributed by atoms with Crippen molar-refractivity contribution in [2.75, 3.05) is 7.05 Å². The van der Waals surface area contributed by atoms with E-state index < -0.39 is 5.41 Å². The molecule has 152 valence electrons. The zero-order valence-electron chi connectivity index (χ0n) is 17.5. The van der Waals surface area contributed by atoms with Crippen LogP contribution < -0.4 is 16.8 Å². The molecule has 0 aromatic rings. The number of aliphatic imine (C=N–C) groups is 2. The molecule has 0 aromatic carbocycles. The van der Waals surface area contributed by atoms with E-state index in [2.05, 4.69) is 30.2 Å². The molecule has 2 aliphatic carbocycles. The minimum atomic E-state index is -0.718. The van der Waals surface area contributed by atoms with Crippen LogP contribution in [0.1, 0.15) is 52.9 Å². The predicted octanol–water partition coefficient (Wildman–Crippen LogP) is 2.82. The summed E-state index contributed by atoms with van der Waals surface area (Å²) in [6, 6.07) is 0. The standard InChI is InChI=1S/C22H33N5O/c1-5-22(3,27-19-15-10-14(11-15)7-9-26-19)12-17(23)16-6-8-21(2,20(24)28)13-18(16)25-4/h6-9,14-15H,5,10-13,23H2,1-4H3,(H2,24,28)(H,26,27). The van der Waals surface area contributed by atoms with Crippen LogP contribution in [0.5, 0.6) is 0 Å². The van der Waals surface area contributed by atoms with Gasteiger partial charge in [-0.1, -0.05) is 25.2 Å². The highest BCUT2D eigenvalue weighted by Crippen LogP contribution is 2.38. The molecular weight excluding hydrogens is 350 g/mol. The number of primary amides is 1. The van der Waals surface area contributed by atoms with Crippen LogP contribution in [0.3, 0.4) is 0 Å². The molecule has 0 saturated heterocycles. The lowest BCUT2D eigenvalue weighted by Crippen LogP contribution is -2.38. The topological polar surface area (TPSA) is 106 Å². The second-order valence-corrected chi connectivity index (χ2v) is 8.86. The first-order chi connectivity index (χ1) is 13.2. The van der Waals surface area contributed by atoms with Crippen molar-refractivity contribution < 1.29 is 4.79 Å². The zero-order valence-corrected chi connectivity index (χ0v) is 17.5. The third-order valence-electron chi connectivity index (χ3n) is 6.53. The minimum Gasteiger partial charge on any atom is -0.401 e. The number of amidine groups is 1. The van der Waals surface area contributed by atoms with E-state index in [0.29, 0.717) is 24.7 Å². The van der Waals surface area contributed by atoms with Gasteiger partial charge in [-0.15, -0.1) is 0 Å². The van der Waals surface area contributed by atoms with E-state index in [9.17, 15) is 4.79 Å². The molecule has 1 amide bonds. The van der Waals surface area contributed by atoms with Gasteiger partial charge in [0.05, 0.1) is 11.0 Å². The van der Waals surface area contributed by atoms with Crippen LogP contribution in [0.25, 0.3) is 0 Å². The van der Waals surface area contributed by atoms with Crippen molar-refractivity contribution in [3.8, 4) is 0 Å². The van der Waals surface area contributed by atoms with Crippen molar-refractivity contribution >= 4 is 17.5 Å². The Morgan fingerprint density at radius 2 is 2.11 bits per heavy atom. The maximum Gasteiger partial charge on any atom is 0.227 e. The first-order valence-corrected chi connectivity index (χ1v) is 10.2. The molecule has 4 rings (SSSR count). The van der Waals surface area contributed by atoms with Crippen molar-refractivity contribution in [3.05, 3.63) is 35.7 Å². The lowest BCUT2D eigenvalue weighted by atomic mass is 9.74. The van der Waals surface area contributed by atoms with Gasteiger partial charge >= 0.3 is 0 Å². The zero-order chi connectivity index (χ0) is 20.5. The van der Waals surface area contributed by atoms with E-state index in [-0.39, 0.29) is 11.4 Å². The van der Waals surface area contributed by atoms with Gasteiger partial charge in [0.2, 0.25) is 5.91 Å². The summed E-state index contributed by atoms with van der Waals surface area (Å²) >= 11 is 0. The van der Waals surface area contributed by atoms with Crippen molar-refractivity contribution in [2.24, 2.45) is 38.7 Å². The van der Waals surface area contributed by atoms with E-state index in [4.69, 9.17) is 16.5 Å². The lowest BCUT2D eigenvalue weighted by molar-refractivity contribution is -0.124. The van der Waals surface area contributed by atoms with Crippen LogP contribution in [0.2, 0.25) is 0 Å². The summed E-state index contributed by atoms with van der Waals surface area (Å²) in [5.74, 6) is 1.95. The molecule has 28 heavy (non-hydrogen) atoms. The van der Waals surface area contributed by atoms with Crippen LogP contribution in [0.4, 0.5) is 0 Å². The predicted molar refractivity (Wildman–Crippen MR) is 115 cm³/mol. The highest BCUT2D eigenvalue weighted by molar-refractivity contribution is 6.07. The van der Waals surface area contributed by atoms with E-state index in [1.165, 1.54) is 12.8 Å². The fraction of sp³-hybridized carbons (Fsp3) is 0.591. The Kier molecular flexibility index (Phi) is 5.50. The largest absolute Gasteiger partial charge is 0.401 e. The Morgan fingerprint density at radius 3 is 2.71 bits per heavy atom. The molecule has 0 radical (unpaired) electrons. The third kappa shape index (κ3) is 3.91. The molecule has 0 aromatic heterocycles. The van der Waals surface area contributed by atoms with Gasteiger partial charge < -0.3 is 16.8 Å². The second kappa shape index (κ2) is 7.57. The number of allylic oxidation sites excluding steroid dienone is 3. The fourth-order valence-electron chi connectivity index (χ4n) is 4.12. The van der Waals surface area contributed by atoms with E-state index in [0.717, 1.165) is 29.2 Å². The second-order valence-electron chi connectivity index (χ2n) is 8.86. The number of nitrogens with one attached hydrogen (secondary N) is 1. The van der Waals surface area contributed by atoms with Gasteiger partial charge in [-0.3, -0.25) is 14.8 Å². The van der Waals surface area contributed by atoms with Crippen LogP contribution in [-0.2, 0) is 4.79 Å². The van der Waals surface area contributed by atoms with Crippen molar-refractivity contribution in [2.45, 2.75) is 58.4 Å². The first-order valence-electron chi connectivity index (χ1n) is 10.2. The summed E-state index contributed by atoms with van der Waals surface area (Å²) in [6.07, 6.45) is 12.4. The number of nitrogens with two attached hydrogens (primary N) is 2. The molecular formula is C22H33N5O. The van der Waals surface area contributed by atoms with Crippen LogP contribution in [0.15, 0.2) is 45.7 Å². The lowest BCUT2D eigenvalue weighted by Gasteiger charge is -2.34. The fourth-order valence-corrected chi connectivity index (χ4v) is 4.12. The summed E-state index contributed by atoms with van der Waals surface area (Å²) in [5.41, 5.74) is 13.6. The van der Waals surface area contributed by atoms with Gasteiger partial charge in [-0.05, 0) is 45.2 Å². The quantitative estimate of drug-likeness (QED) is 0.679. The Morgan fingerprint density at radius 1 is 1.39 bits per heavy atom. The maximum atomic E-state index is 11.8. The third-order valence-corrected chi connectivity index (χ3v) is 6.53. The van der Waals surface area contributed by atoms with Gasteiger partial charge in [-0.25, -0.2) is 0 Å². The van der Waals surface area contributed by atoms with Crippen molar-refractivity contribution in [3.63, 3.8) is 0 Å². The summed E-state index contributed by atoms with van der Waals surface area (Å²) in [5, 5.41) is 3.38. The van der Waals surface area contributed by atoms with E-state index in [1.54, 1.807) is 7.05 Å². The number of hydrogen-bond donors (Lipinski definition) is 3. The molecule has 5 N–H and O–H groups in total. The molecule has 2 atom stereocenters. The molecule has 4 aliphatic rings. The van der Waals surface area contributed by atoms with E-state index >= 15 is 0 Å². The minimum absolute atomic E-state index is 0.292. The number of amides is 1. The average Bonchev–Trinajstić information content (AvgIpc) is 2.93. The number of rotatable bonds is 5. The number of carbonyl (C=O) groups excluding carboxylic acids is 1. The Hall–Kier alpha value is -2.37. The normalized spacial score (nSPS) is 35.7. The molecule has 2 aliphatic heterocycles. The number of nitrogens with zero attached hydrogens (tertiary/aromatic N) is 2. The van der Waals surface area contributed by atoms with Gasteiger partial charge in [0, 0.05) is 42.8 Å². The highest BCUT2D eigenvalue weighted by Gasteiger charge is 2.37. The van der Waals surface area contributed by atoms with Gasteiger partial charge in [0.25, 0.3) is 0 Å². The van der Waals surface area contributed by atoms with Crippen LogP contribution in [0, 0.1) is 17.3 Å². The summed E-state index contributed by atoms with van der Waals surface area (Å²) in [4.78, 5) is 21.3.